The van der Waals surface area contributed by atoms with E-state index in [1.807, 2.05) is 0 Å². The first-order valence-electron chi connectivity index (χ1n) is 6.80. The number of amides is 1. The first-order chi connectivity index (χ1) is 11.3. The molecule has 11 heteroatoms. The molecule has 1 saturated heterocycles. The van der Waals surface area contributed by atoms with E-state index in [9.17, 15) is 22.8 Å². The van der Waals surface area contributed by atoms with Gasteiger partial charge in [0.25, 0.3) is 11.7 Å². The van der Waals surface area contributed by atoms with Gasteiger partial charge in [-0.05, 0) is 35.9 Å². The highest BCUT2D eigenvalue weighted by Gasteiger charge is 2.30. The van der Waals surface area contributed by atoms with Crippen LogP contribution in [0.15, 0.2) is 24.3 Å². The molecule has 2 heterocycles. The van der Waals surface area contributed by atoms with Gasteiger partial charge in [-0.2, -0.15) is 13.2 Å². The lowest BCUT2D eigenvalue weighted by molar-refractivity contribution is -0.137. The molecule has 1 aliphatic heterocycles. The zero-order valence-corrected chi connectivity index (χ0v) is 12.8. The molecule has 1 aliphatic rings. The molecule has 0 aliphatic carbocycles. The molecule has 0 bridgehead atoms. The third-order valence-corrected chi connectivity index (χ3v) is 4.29. The summed E-state index contributed by atoms with van der Waals surface area (Å²) < 4.78 is 37.6. The molecule has 3 rings (SSSR count). The fraction of sp³-hybridized carbons (Fsp3) is 0.308. The number of nitrogens with zero attached hydrogens (tertiary/aromatic N) is 4. The van der Waals surface area contributed by atoms with Gasteiger partial charge in [-0.1, -0.05) is 11.8 Å². The summed E-state index contributed by atoms with van der Waals surface area (Å²) >= 11 is 1.14. The summed E-state index contributed by atoms with van der Waals surface area (Å²) in [5.41, 5.74) is -0.580. The number of halogens is 3. The number of hydrogen-bond donors (Lipinski definition) is 1. The van der Waals surface area contributed by atoms with Crippen LogP contribution in [0.5, 0.6) is 0 Å². The van der Waals surface area contributed by atoms with E-state index in [0.29, 0.717) is 12.2 Å². The third-order valence-electron chi connectivity index (χ3n) is 3.28. The third kappa shape index (κ3) is 3.40. The molecule has 1 N–H and O–H groups in total. The topological polar surface area (TPSA) is 89.8 Å². The number of carbonyl (C=O) groups excluding carboxylic acids is 2. The molecule has 0 unspecified atom stereocenters. The van der Waals surface area contributed by atoms with Gasteiger partial charge in [0.1, 0.15) is 0 Å². The molecule has 0 radical (unpaired) electrons. The van der Waals surface area contributed by atoms with Gasteiger partial charge in [0.15, 0.2) is 0 Å². The maximum atomic E-state index is 12.5. The highest BCUT2D eigenvalue weighted by Crippen LogP contribution is 2.29. The van der Waals surface area contributed by atoms with Crippen molar-refractivity contribution in [3.05, 3.63) is 35.7 Å². The molecule has 1 aromatic heterocycles. The summed E-state index contributed by atoms with van der Waals surface area (Å²) in [5, 5.41) is 13.4. The maximum absolute atomic E-state index is 12.5. The van der Waals surface area contributed by atoms with Gasteiger partial charge in [-0.25, -0.2) is 0 Å². The van der Waals surface area contributed by atoms with Crippen molar-refractivity contribution < 1.29 is 22.8 Å². The number of alkyl halides is 3. The molecule has 1 atom stereocenters. The van der Waals surface area contributed by atoms with Gasteiger partial charge in [-0.15, -0.1) is 15.0 Å². The SMILES string of the molecule is O=C(N[C@@H]1CCSC1=O)c1nnn(-c2ccc(C(F)(F)F)cc2)n1. The van der Waals surface area contributed by atoms with E-state index in [2.05, 4.69) is 20.7 Å². The number of thioether (sulfide) groups is 1. The maximum Gasteiger partial charge on any atom is 0.416 e. The number of aromatic nitrogens is 4. The van der Waals surface area contributed by atoms with Crippen molar-refractivity contribution in [1.29, 1.82) is 0 Å². The van der Waals surface area contributed by atoms with E-state index in [4.69, 9.17) is 0 Å². The van der Waals surface area contributed by atoms with Gasteiger partial charge >= 0.3 is 6.18 Å². The summed E-state index contributed by atoms with van der Waals surface area (Å²) in [6.45, 7) is 0. The summed E-state index contributed by atoms with van der Waals surface area (Å²) in [5.74, 6) is -0.288. The van der Waals surface area contributed by atoms with Gasteiger partial charge in [0.05, 0.1) is 17.3 Å². The molecule has 7 nitrogen and oxygen atoms in total. The molecule has 1 aromatic carbocycles. The predicted molar refractivity (Wildman–Crippen MR) is 77.5 cm³/mol. The Kier molecular flexibility index (Phi) is 4.26. The molecule has 126 valence electrons. The van der Waals surface area contributed by atoms with Crippen molar-refractivity contribution in [3.8, 4) is 5.69 Å². The Morgan fingerprint density at radius 2 is 2.00 bits per heavy atom. The molecule has 1 fully saturated rings. The molecule has 2 aromatic rings. The molecule has 1 amide bonds. The Hall–Kier alpha value is -2.43. The second kappa shape index (κ2) is 6.23. The number of benzene rings is 1. The van der Waals surface area contributed by atoms with Crippen molar-refractivity contribution >= 4 is 22.8 Å². The van der Waals surface area contributed by atoms with Crippen molar-refractivity contribution in [2.24, 2.45) is 0 Å². The summed E-state index contributed by atoms with van der Waals surface area (Å²) in [7, 11) is 0. The lowest BCUT2D eigenvalue weighted by atomic mass is 10.2. The minimum Gasteiger partial charge on any atom is -0.338 e. The van der Waals surface area contributed by atoms with Crippen molar-refractivity contribution in [1.82, 2.24) is 25.5 Å². The average Bonchev–Trinajstić information content (AvgIpc) is 3.16. The standard InChI is InChI=1S/C13H10F3N5O2S/c14-13(15,16)7-1-3-8(4-2-7)21-19-10(18-20-21)11(22)17-9-5-6-24-12(9)23/h1-4,9H,5-6H2,(H,17,22)/t9-/m1/s1. The Morgan fingerprint density at radius 3 is 2.58 bits per heavy atom. The number of carbonyl (C=O) groups is 2. The van der Waals surface area contributed by atoms with E-state index in [-0.39, 0.29) is 16.6 Å². The van der Waals surface area contributed by atoms with Gasteiger partial charge in [0, 0.05) is 5.75 Å². The zero-order valence-electron chi connectivity index (χ0n) is 11.9. The number of nitrogens with one attached hydrogen (secondary N) is 1. The largest absolute Gasteiger partial charge is 0.416 e. The van der Waals surface area contributed by atoms with Crippen LogP contribution in [0.2, 0.25) is 0 Å². The first kappa shape index (κ1) is 16.4. The van der Waals surface area contributed by atoms with Crippen LogP contribution in [-0.2, 0) is 11.0 Å². The lowest BCUT2D eigenvalue weighted by Crippen LogP contribution is -2.37. The van der Waals surface area contributed by atoms with Crippen molar-refractivity contribution in [3.63, 3.8) is 0 Å². The minimum atomic E-state index is -4.44. The normalized spacial score (nSPS) is 18.0. The van der Waals surface area contributed by atoms with Crippen LogP contribution in [0.4, 0.5) is 13.2 Å². The number of tetrazole rings is 1. The first-order valence-corrected chi connectivity index (χ1v) is 7.78. The van der Waals surface area contributed by atoms with Gasteiger partial charge < -0.3 is 5.32 Å². The van der Waals surface area contributed by atoms with Crippen molar-refractivity contribution in [2.75, 3.05) is 5.75 Å². The highest BCUT2D eigenvalue weighted by atomic mass is 32.2. The zero-order chi connectivity index (χ0) is 17.3. The van der Waals surface area contributed by atoms with E-state index in [1.54, 1.807) is 0 Å². The van der Waals surface area contributed by atoms with Crippen LogP contribution in [-0.4, -0.2) is 43.0 Å². The van der Waals surface area contributed by atoms with E-state index in [1.165, 1.54) is 12.1 Å². The molecular weight excluding hydrogens is 347 g/mol. The minimum absolute atomic E-state index is 0.126. The van der Waals surface area contributed by atoms with Gasteiger partial charge in [0.2, 0.25) is 5.12 Å². The van der Waals surface area contributed by atoms with E-state index in [0.717, 1.165) is 28.7 Å². The quantitative estimate of drug-likeness (QED) is 0.894. The fourth-order valence-corrected chi connectivity index (χ4v) is 2.98. The average molecular weight is 357 g/mol. The number of hydrogen-bond acceptors (Lipinski definition) is 6. The highest BCUT2D eigenvalue weighted by molar-refractivity contribution is 8.14. The molecular formula is C13H10F3N5O2S. The van der Waals surface area contributed by atoms with Crippen LogP contribution in [0.3, 0.4) is 0 Å². The lowest BCUT2D eigenvalue weighted by Gasteiger charge is -2.07. The Labute approximate surface area is 137 Å². The molecule has 0 saturated carbocycles. The Balaban J connectivity index is 1.73. The van der Waals surface area contributed by atoms with Crippen LogP contribution in [0, 0.1) is 0 Å². The summed E-state index contributed by atoms with van der Waals surface area (Å²) in [4.78, 5) is 24.4. The molecule has 0 spiro atoms. The number of rotatable bonds is 3. The Morgan fingerprint density at radius 1 is 1.29 bits per heavy atom. The molecule has 24 heavy (non-hydrogen) atoms. The van der Waals surface area contributed by atoms with Crippen molar-refractivity contribution in [2.45, 2.75) is 18.6 Å². The van der Waals surface area contributed by atoms with Crippen LogP contribution >= 0.6 is 11.8 Å². The second-order valence-electron chi connectivity index (χ2n) is 4.93. The van der Waals surface area contributed by atoms with Crippen LogP contribution in [0.25, 0.3) is 5.69 Å². The van der Waals surface area contributed by atoms with E-state index >= 15 is 0 Å². The van der Waals surface area contributed by atoms with E-state index < -0.39 is 23.7 Å². The summed E-state index contributed by atoms with van der Waals surface area (Å²) in [6, 6.07) is 3.52. The smallest absolute Gasteiger partial charge is 0.338 e. The van der Waals surface area contributed by atoms with Gasteiger partial charge in [-0.3, -0.25) is 9.59 Å². The van der Waals surface area contributed by atoms with Crippen LogP contribution < -0.4 is 5.32 Å². The Bertz CT molecular complexity index is 775. The summed E-state index contributed by atoms with van der Waals surface area (Å²) in [6.07, 6.45) is -3.91. The predicted octanol–water partition coefficient (Wildman–Crippen LogP) is 1.44. The monoisotopic (exact) mass is 357 g/mol. The fourth-order valence-electron chi connectivity index (χ4n) is 2.05. The second-order valence-corrected chi connectivity index (χ2v) is 6.03. The van der Waals surface area contributed by atoms with Crippen LogP contribution in [0.1, 0.15) is 22.6 Å².